The van der Waals surface area contributed by atoms with E-state index in [2.05, 4.69) is 29.6 Å². The molecule has 2 rings (SSSR count). The molecule has 2 aromatic carbocycles. The van der Waals surface area contributed by atoms with Gasteiger partial charge in [-0.15, -0.1) is 23.5 Å². The van der Waals surface area contributed by atoms with Crippen LogP contribution in [0.4, 0.5) is 10.1 Å². The van der Waals surface area contributed by atoms with Gasteiger partial charge in [0, 0.05) is 16.3 Å². The number of benzene rings is 2. The Bertz CT molecular complexity index is 601. The molecule has 2 aromatic rings. The van der Waals surface area contributed by atoms with Crippen molar-refractivity contribution in [3.8, 4) is 0 Å². The number of rotatable bonds is 6. The summed E-state index contributed by atoms with van der Waals surface area (Å²) >= 11 is 3.25. The molecular formula is C16H16FNOS2. The summed E-state index contributed by atoms with van der Waals surface area (Å²) in [5.74, 6) is 0.659. The lowest BCUT2D eigenvalue weighted by molar-refractivity contribution is -0.113. The van der Waals surface area contributed by atoms with Crippen LogP contribution in [0.1, 0.15) is 5.56 Å². The van der Waals surface area contributed by atoms with Crippen molar-refractivity contribution in [1.29, 1.82) is 0 Å². The highest BCUT2D eigenvalue weighted by molar-refractivity contribution is 7.99. The zero-order valence-corrected chi connectivity index (χ0v) is 13.3. The molecular weight excluding hydrogens is 305 g/mol. The van der Waals surface area contributed by atoms with Crippen LogP contribution in [-0.2, 0) is 10.5 Å². The molecule has 1 amide bonds. The summed E-state index contributed by atoms with van der Waals surface area (Å²) in [4.78, 5) is 13.0. The number of nitrogens with one attached hydrogen (secondary N) is 1. The monoisotopic (exact) mass is 321 g/mol. The van der Waals surface area contributed by atoms with Gasteiger partial charge >= 0.3 is 0 Å². The fraction of sp³-hybridized carbons (Fsp3) is 0.188. The molecule has 0 unspecified atom stereocenters. The van der Waals surface area contributed by atoms with Crippen LogP contribution < -0.4 is 5.32 Å². The number of thioether (sulfide) groups is 2. The minimum absolute atomic E-state index is 0.119. The van der Waals surface area contributed by atoms with E-state index >= 15 is 0 Å². The molecule has 0 aliphatic heterocycles. The van der Waals surface area contributed by atoms with E-state index in [1.807, 2.05) is 6.26 Å². The fourth-order valence-corrected chi connectivity index (χ4v) is 2.94. The number of hydrogen-bond acceptors (Lipinski definition) is 3. The Balaban J connectivity index is 1.76. The maximum atomic E-state index is 13.0. The lowest BCUT2D eigenvalue weighted by Gasteiger charge is -2.06. The molecule has 0 atom stereocenters. The first-order valence-electron chi connectivity index (χ1n) is 6.43. The average molecular weight is 321 g/mol. The highest BCUT2D eigenvalue weighted by Gasteiger charge is 2.04. The minimum Gasteiger partial charge on any atom is -0.325 e. The number of anilines is 1. The lowest BCUT2D eigenvalue weighted by Crippen LogP contribution is -2.14. The van der Waals surface area contributed by atoms with Crippen molar-refractivity contribution < 1.29 is 9.18 Å². The van der Waals surface area contributed by atoms with Crippen molar-refractivity contribution in [1.82, 2.24) is 0 Å². The summed E-state index contributed by atoms with van der Waals surface area (Å²) in [5, 5.41) is 2.68. The molecule has 0 spiro atoms. The second-order valence-electron chi connectivity index (χ2n) is 4.40. The lowest BCUT2D eigenvalue weighted by atomic mass is 10.2. The Morgan fingerprint density at radius 2 is 1.95 bits per heavy atom. The topological polar surface area (TPSA) is 29.1 Å². The number of hydrogen-bond donors (Lipinski definition) is 1. The van der Waals surface area contributed by atoms with Crippen LogP contribution in [0.25, 0.3) is 0 Å². The number of carbonyl (C=O) groups is 1. The Morgan fingerprint density at radius 1 is 1.19 bits per heavy atom. The molecule has 5 heteroatoms. The molecule has 0 fully saturated rings. The van der Waals surface area contributed by atoms with E-state index in [0.717, 1.165) is 5.75 Å². The summed E-state index contributed by atoms with van der Waals surface area (Å²) in [6, 6.07) is 14.2. The summed E-state index contributed by atoms with van der Waals surface area (Å²) in [6.45, 7) is 0. The van der Waals surface area contributed by atoms with Crippen molar-refractivity contribution >= 4 is 35.1 Å². The van der Waals surface area contributed by atoms with Crippen LogP contribution in [-0.4, -0.2) is 17.9 Å². The molecule has 21 heavy (non-hydrogen) atoms. The highest BCUT2D eigenvalue weighted by Crippen LogP contribution is 2.18. The first kappa shape index (κ1) is 15.9. The van der Waals surface area contributed by atoms with Gasteiger partial charge in [0.15, 0.2) is 0 Å². The van der Waals surface area contributed by atoms with Gasteiger partial charge in [-0.25, -0.2) is 4.39 Å². The van der Waals surface area contributed by atoms with Crippen LogP contribution in [0, 0.1) is 5.82 Å². The van der Waals surface area contributed by atoms with Crippen molar-refractivity contribution in [3.05, 3.63) is 59.9 Å². The van der Waals surface area contributed by atoms with Gasteiger partial charge in [0.25, 0.3) is 0 Å². The maximum Gasteiger partial charge on any atom is 0.234 e. The molecule has 2 nitrogen and oxygen atoms in total. The van der Waals surface area contributed by atoms with Crippen LogP contribution in [0.5, 0.6) is 0 Å². The molecule has 0 saturated carbocycles. The Labute approximate surface area is 132 Å². The van der Waals surface area contributed by atoms with Crippen molar-refractivity contribution in [2.75, 3.05) is 17.3 Å². The molecule has 0 bridgehead atoms. The van der Waals surface area contributed by atoms with Crippen molar-refractivity contribution in [2.45, 2.75) is 10.6 Å². The molecule has 0 aliphatic carbocycles. The fourth-order valence-electron chi connectivity index (χ4n) is 1.75. The zero-order chi connectivity index (χ0) is 15.1. The molecule has 0 radical (unpaired) electrons. The third kappa shape index (κ3) is 5.44. The van der Waals surface area contributed by atoms with Gasteiger partial charge in [-0.2, -0.15) is 0 Å². The van der Waals surface area contributed by atoms with Gasteiger partial charge in [-0.05, 0) is 42.2 Å². The molecule has 0 aromatic heterocycles. The Hall–Kier alpha value is -1.46. The van der Waals surface area contributed by atoms with Crippen LogP contribution in [0.3, 0.4) is 0 Å². The zero-order valence-electron chi connectivity index (χ0n) is 11.6. The van der Waals surface area contributed by atoms with E-state index in [0.29, 0.717) is 11.4 Å². The largest absolute Gasteiger partial charge is 0.325 e. The maximum absolute atomic E-state index is 13.0. The number of carbonyl (C=O) groups excluding carboxylic acids is 1. The summed E-state index contributed by atoms with van der Waals surface area (Å²) in [7, 11) is 0. The van der Waals surface area contributed by atoms with Gasteiger partial charge in [-0.1, -0.05) is 18.2 Å². The molecule has 110 valence electrons. The van der Waals surface area contributed by atoms with Crippen LogP contribution in [0.15, 0.2) is 53.4 Å². The van der Waals surface area contributed by atoms with E-state index in [9.17, 15) is 9.18 Å². The van der Waals surface area contributed by atoms with Gasteiger partial charge in [0.2, 0.25) is 5.91 Å². The van der Waals surface area contributed by atoms with Gasteiger partial charge in [-0.3, -0.25) is 4.79 Å². The second kappa shape index (κ2) is 8.10. The number of amides is 1. The normalized spacial score (nSPS) is 10.4. The molecule has 1 N–H and O–H groups in total. The van der Waals surface area contributed by atoms with Gasteiger partial charge < -0.3 is 5.32 Å². The molecule has 0 heterocycles. The van der Waals surface area contributed by atoms with Gasteiger partial charge in [0.1, 0.15) is 5.82 Å². The Morgan fingerprint density at radius 3 is 2.62 bits per heavy atom. The molecule has 0 saturated heterocycles. The first-order valence-corrected chi connectivity index (χ1v) is 8.81. The second-order valence-corrected chi connectivity index (χ2v) is 6.26. The minimum atomic E-state index is -0.352. The third-order valence-corrected chi connectivity index (χ3v) is 4.52. The van der Waals surface area contributed by atoms with E-state index in [-0.39, 0.29) is 11.7 Å². The summed E-state index contributed by atoms with van der Waals surface area (Å²) in [6.07, 6.45) is 2.04. The van der Waals surface area contributed by atoms with E-state index in [1.165, 1.54) is 34.4 Å². The third-order valence-electron chi connectivity index (χ3n) is 2.77. The Kier molecular flexibility index (Phi) is 6.14. The predicted octanol–water partition coefficient (Wildman–Crippen LogP) is 4.42. The number of halogens is 1. The highest BCUT2D eigenvalue weighted by atomic mass is 32.2. The summed E-state index contributed by atoms with van der Waals surface area (Å²) < 4.78 is 13.0. The quantitative estimate of drug-likeness (QED) is 0.799. The van der Waals surface area contributed by atoms with E-state index in [1.54, 1.807) is 23.9 Å². The SMILES string of the molecule is CSc1ccc(CSCC(=O)Nc2cccc(F)c2)cc1. The standard InChI is InChI=1S/C16H16FNOS2/c1-20-15-7-5-12(6-8-15)10-21-11-16(19)18-14-4-2-3-13(17)9-14/h2-9H,10-11H2,1H3,(H,18,19). The van der Waals surface area contributed by atoms with Crippen molar-refractivity contribution in [2.24, 2.45) is 0 Å². The van der Waals surface area contributed by atoms with Crippen LogP contribution >= 0.6 is 23.5 Å². The van der Waals surface area contributed by atoms with Crippen molar-refractivity contribution in [3.63, 3.8) is 0 Å². The first-order chi connectivity index (χ1) is 10.2. The average Bonchev–Trinajstić information content (AvgIpc) is 2.48. The van der Waals surface area contributed by atoms with E-state index in [4.69, 9.17) is 0 Å². The van der Waals surface area contributed by atoms with Gasteiger partial charge in [0.05, 0.1) is 5.75 Å². The van der Waals surface area contributed by atoms with E-state index < -0.39 is 0 Å². The van der Waals surface area contributed by atoms with Crippen LogP contribution in [0.2, 0.25) is 0 Å². The molecule has 0 aliphatic rings. The summed E-state index contributed by atoms with van der Waals surface area (Å²) in [5.41, 5.74) is 1.68. The smallest absolute Gasteiger partial charge is 0.234 e. The predicted molar refractivity (Wildman–Crippen MR) is 89.4 cm³/mol.